The van der Waals surface area contributed by atoms with Crippen LogP contribution >= 0.6 is 0 Å². The Morgan fingerprint density at radius 3 is 2.62 bits per heavy atom. The van der Waals surface area contributed by atoms with Crippen molar-refractivity contribution in [2.45, 2.75) is 51.6 Å². The number of aryl methyl sites for hydroxylation is 2. The van der Waals surface area contributed by atoms with E-state index in [4.69, 9.17) is 4.99 Å². The number of benzene rings is 1. The molecule has 1 aliphatic rings. The van der Waals surface area contributed by atoms with Gasteiger partial charge in [-0.3, -0.25) is 9.67 Å². The molecule has 3 rings (SSSR count). The first-order chi connectivity index (χ1) is 10.2. The van der Waals surface area contributed by atoms with E-state index in [-0.39, 0.29) is 0 Å². The second kappa shape index (κ2) is 6.25. The van der Waals surface area contributed by atoms with Gasteiger partial charge in [-0.2, -0.15) is 5.10 Å². The van der Waals surface area contributed by atoms with Crippen LogP contribution in [0.1, 0.15) is 48.7 Å². The number of aromatic nitrogens is 2. The van der Waals surface area contributed by atoms with Crippen LogP contribution in [0.25, 0.3) is 0 Å². The first-order valence-electron chi connectivity index (χ1n) is 7.85. The van der Waals surface area contributed by atoms with Crippen molar-refractivity contribution in [3.63, 3.8) is 0 Å². The summed E-state index contributed by atoms with van der Waals surface area (Å²) in [6.07, 6.45) is 6.91. The minimum atomic E-state index is 0.344. The molecule has 1 fully saturated rings. The molecule has 1 aliphatic carbocycles. The lowest BCUT2D eigenvalue weighted by Gasteiger charge is -2.30. The monoisotopic (exact) mass is 281 g/mol. The average Bonchev–Trinajstić information content (AvgIpc) is 2.85. The highest BCUT2D eigenvalue weighted by atomic mass is 15.3. The molecule has 110 valence electrons. The molecule has 0 bridgehead atoms. The van der Waals surface area contributed by atoms with E-state index in [1.165, 1.54) is 30.5 Å². The van der Waals surface area contributed by atoms with Crippen molar-refractivity contribution < 1.29 is 0 Å². The Balaban J connectivity index is 1.82. The third kappa shape index (κ3) is 3.23. The standard InChI is InChI=1S/C18H23N3/c1-14-12-15(2)21(20-14)18-11-7-6-10-17(18)19-13-16-8-4-3-5-9-16/h3-5,8-9,12-13,17-18H,6-7,10-11H2,1-2H3/t17-,18-/m1/s1. The topological polar surface area (TPSA) is 30.2 Å². The van der Waals surface area contributed by atoms with Gasteiger partial charge in [0.05, 0.1) is 17.8 Å². The maximum Gasteiger partial charge on any atom is 0.0745 e. The Hall–Kier alpha value is -1.90. The summed E-state index contributed by atoms with van der Waals surface area (Å²) in [5.41, 5.74) is 3.53. The molecule has 2 aromatic rings. The lowest BCUT2D eigenvalue weighted by Crippen LogP contribution is -2.28. The predicted octanol–water partition coefficient (Wildman–Crippen LogP) is 4.10. The predicted molar refractivity (Wildman–Crippen MR) is 87.0 cm³/mol. The van der Waals surface area contributed by atoms with Crippen molar-refractivity contribution in [2.24, 2.45) is 4.99 Å². The lowest BCUT2D eigenvalue weighted by molar-refractivity contribution is 0.284. The Kier molecular flexibility index (Phi) is 4.18. The fraction of sp³-hybridized carbons (Fsp3) is 0.444. The number of rotatable bonds is 3. The number of hydrogen-bond acceptors (Lipinski definition) is 2. The van der Waals surface area contributed by atoms with Crippen molar-refractivity contribution in [1.82, 2.24) is 9.78 Å². The zero-order chi connectivity index (χ0) is 14.7. The number of aliphatic imine (C=N–C) groups is 1. The average molecular weight is 281 g/mol. The van der Waals surface area contributed by atoms with Crippen molar-refractivity contribution >= 4 is 6.21 Å². The fourth-order valence-electron chi connectivity index (χ4n) is 3.25. The van der Waals surface area contributed by atoms with Crippen LogP contribution in [0.2, 0.25) is 0 Å². The minimum absolute atomic E-state index is 0.344. The second-order valence-electron chi connectivity index (χ2n) is 5.98. The molecule has 21 heavy (non-hydrogen) atoms. The molecule has 0 aliphatic heterocycles. The summed E-state index contributed by atoms with van der Waals surface area (Å²) in [5, 5.41) is 4.68. The Labute approximate surface area is 126 Å². The van der Waals surface area contributed by atoms with Gasteiger partial charge in [0.15, 0.2) is 0 Å². The van der Waals surface area contributed by atoms with E-state index >= 15 is 0 Å². The second-order valence-corrected chi connectivity index (χ2v) is 5.98. The maximum absolute atomic E-state index is 4.88. The molecule has 1 saturated carbocycles. The van der Waals surface area contributed by atoms with Gasteiger partial charge in [-0.15, -0.1) is 0 Å². The molecule has 0 saturated heterocycles. The molecular weight excluding hydrogens is 258 g/mol. The van der Waals surface area contributed by atoms with Crippen LogP contribution in [0.15, 0.2) is 41.4 Å². The molecule has 3 nitrogen and oxygen atoms in total. The van der Waals surface area contributed by atoms with Gasteiger partial charge in [-0.25, -0.2) is 0 Å². The van der Waals surface area contributed by atoms with E-state index < -0.39 is 0 Å². The first-order valence-corrected chi connectivity index (χ1v) is 7.85. The van der Waals surface area contributed by atoms with E-state index in [0.29, 0.717) is 12.1 Å². The summed E-state index contributed by atoms with van der Waals surface area (Å²) >= 11 is 0. The van der Waals surface area contributed by atoms with E-state index in [2.05, 4.69) is 54.0 Å². The van der Waals surface area contributed by atoms with E-state index in [1.54, 1.807) is 0 Å². The SMILES string of the molecule is Cc1cc(C)n([C@@H]2CCCC[C@H]2N=Cc2ccccc2)n1. The van der Waals surface area contributed by atoms with Crippen LogP contribution in [0, 0.1) is 13.8 Å². The van der Waals surface area contributed by atoms with Crippen molar-refractivity contribution in [2.75, 3.05) is 0 Å². The Bertz CT molecular complexity index is 613. The van der Waals surface area contributed by atoms with Gasteiger partial charge in [0.25, 0.3) is 0 Å². The van der Waals surface area contributed by atoms with Crippen LogP contribution in [0.5, 0.6) is 0 Å². The summed E-state index contributed by atoms with van der Waals surface area (Å²) < 4.78 is 2.20. The van der Waals surface area contributed by atoms with Gasteiger partial charge in [0, 0.05) is 11.9 Å². The van der Waals surface area contributed by atoms with Gasteiger partial charge in [-0.05, 0) is 38.3 Å². The van der Waals surface area contributed by atoms with Crippen LogP contribution in [-0.4, -0.2) is 22.0 Å². The Morgan fingerprint density at radius 2 is 1.90 bits per heavy atom. The summed E-state index contributed by atoms with van der Waals surface area (Å²) in [6, 6.07) is 13.3. The van der Waals surface area contributed by atoms with Crippen molar-refractivity contribution in [1.29, 1.82) is 0 Å². The first kappa shape index (κ1) is 14.1. The van der Waals surface area contributed by atoms with Gasteiger partial charge in [0.1, 0.15) is 0 Å². The molecule has 2 atom stereocenters. The summed E-state index contributed by atoms with van der Waals surface area (Å²) in [4.78, 5) is 4.88. The summed E-state index contributed by atoms with van der Waals surface area (Å²) in [6.45, 7) is 4.21. The zero-order valence-corrected chi connectivity index (χ0v) is 12.9. The van der Waals surface area contributed by atoms with Gasteiger partial charge >= 0.3 is 0 Å². The molecule has 0 N–H and O–H groups in total. The molecule has 1 aromatic heterocycles. The van der Waals surface area contributed by atoms with Crippen LogP contribution in [0.4, 0.5) is 0 Å². The van der Waals surface area contributed by atoms with Crippen molar-refractivity contribution in [3.05, 3.63) is 53.3 Å². The smallest absolute Gasteiger partial charge is 0.0745 e. The number of nitrogens with zero attached hydrogens (tertiary/aromatic N) is 3. The zero-order valence-electron chi connectivity index (χ0n) is 12.9. The molecule has 3 heteroatoms. The third-order valence-electron chi connectivity index (χ3n) is 4.27. The quantitative estimate of drug-likeness (QED) is 0.779. The van der Waals surface area contributed by atoms with Gasteiger partial charge in [-0.1, -0.05) is 43.2 Å². The largest absolute Gasteiger partial charge is 0.287 e. The van der Waals surface area contributed by atoms with Gasteiger partial charge < -0.3 is 0 Å². The molecule has 0 radical (unpaired) electrons. The van der Waals surface area contributed by atoms with Gasteiger partial charge in [0.2, 0.25) is 0 Å². The van der Waals surface area contributed by atoms with Crippen LogP contribution < -0.4 is 0 Å². The highest BCUT2D eigenvalue weighted by Crippen LogP contribution is 2.31. The third-order valence-corrected chi connectivity index (χ3v) is 4.27. The highest BCUT2D eigenvalue weighted by molar-refractivity contribution is 5.79. The molecule has 0 unspecified atom stereocenters. The molecule has 0 amide bonds. The molecule has 1 aromatic carbocycles. The normalized spacial score (nSPS) is 22.8. The Morgan fingerprint density at radius 1 is 1.14 bits per heavy atom. The molecule has 0 spiro atoms. The highest BCUT2D eigenvalue weighted by Gasteiger charge is 2.27. The molecule has 1 heterocycles. The van der Waals surface area contributed by atoms with Crippen LogP contribution in [-0.2, 0) is 0 Å². The fourth-order valence-corrected chi connectivity index (χ4v) is 3.25. The molecular formula is C18H23N3. The maximum atomic E-state index is 4.88. The minimum Gasteiger partial charge on any atom is -0.287 e. The number of hydrogen-bond donors (Lipinski definition) is 0. The lowest BCUT2D eigenvalue weighted by atomic mass is 9.90. The van der Waals surface area contributed by atoms with E-state index in [9.17, 15) is 0 Å². The summed E-state index contributed by atoms with van der Waals surface area (Å²) in [5.74, 6) is 0. The summed E-state index contributed by atoms with van der Waals surface area (Å²) in [7, 11) is 0. The van der Waals surface area contributed by atoms with E-state index in [1.807, 2.05) is 12.3 Å². The van der Waals surface area contributed by atoms with E-state index in [0.717, 1.165) is 12.1 Å². The van der Waals surface area contributed by atoms with Crippen LogP contribution in [0.3, 0.4) is 0 Å². The van der Waals surface area contributed by atoms with Crippen molar-refractivity contribution in [3.8, 4) is 0 Å².